The van der Waals surface area contributed by atoms with Crippen molar-refractivity contribution < 1.29 is 41.3 Å². The van der Waals surface area contributed by atoms with Gasteiger partial charge in [-0.05, 0) is 114 Å². The zero-order valence-electron chi connectivity index (χ0n) is 37.1. The second-order valence-electron chi connectivity index (χ2n) is 18.9. The molecule has 0 bridgehead atoms. The second kappa shape index (κ2) is 21.2. The zero-order valence-corrected chi connectivity index (χ0v) is 37.9. The third-order valence-electron chi connectivity index (χ3n) is 14.6. The number of ether oxygens (including phenoxy) is 2. The minimum Gasteiger partial charge on any atom is -0.354 e. The highest BCUT2D eigenvalue weighted by Gasteiger charge is 2.35. The number of halogens is 4. The first-order valence-electron chi connectivity index (χ1n) is 23.9. The molecule has 3 saturated heterocycles. The third kappa shape index (κ3) is 11.3. The minimum atomic E-state index is -0.944. The van der Waals surface area contributed by atoms with Crippen LogP contribution in [0.25, 0.3) is 21.9 Å². The van der Waals surface area contributed by atoms with E-state index in [4.69, 9.17) is 30.1 Å². The topological polar surface area (TPSA) is 142 Å². The van der Waals surface area contributed by atoms with Gasteiger partial charge < -0.3 is 39.0 Å². The number of nitrogens with one attached hydrogen (secondary N) is 2. The van der Waals surface area contributed by atoms with Gasteiger partial charge in [0.15, 0.2) is 40.7 Å². The molecule has 9 rings (SSSR count). The number of benzene rings is 2. The van der Waals surface area contributed by atoms with Crippen LogP contribution in [0.5, 0.6) is 0 Å². The Bertz CT molecular complexity index is 2230. The fraction of sp³-hybridized carbons (Fsp3) is 0.660. The maximum absolute atomic E-state index is 14.2. The molecule has 2 aromatic carbocycles. The standard InChI is InChI=1S/C47H62ClF3N8O6/c48-37-28-41-35(26-38(37)49)44(54-64-41)58-20-16-56(17-21-58)14-12-30-2-6-32(7-3-30)52-43(60)11-10-34(47-62-24-1-25-63-47)46(61)53-33-8-4-31(5-9-33)13-15-57-18-22-59(23-19-57)45-36-27-39(50)40(51)29-42(36)65-55-45/h26-34,47H,1-25H2,(H,52,60)(H,53,61). The van der Waals surface area contributed by atoms with E-state index in [1.54, 1.807) is 0 Å². The Morgan fingerprint density at radius 1 is 0.662 bits per heavy atom. The lowest BCUT2D eigenvalue weighted by Gasteiger charge is -2.36. The molecule has 2 amide bonds. The van der Waals surface area contributed by atoms with Crippen LogP contribution in [0, 0.1) is 35.2 Å². The summed E-state index contributed by atoms with van der Waals surface area (Å²) in [5.41, 5.74) is 0.734. The van der Waals surface area contributed by atoms with Gasteiger partial charge in [0, 0.05) is 83.0 Å². The van der Waals surface area contributed by atoms with Crippen LogP contribution >= 0.6 is 11.6 Å². The van der Waals surface area contributed by atoms with Gasteiger partial charge in [-0.2, -0.15) is 0 Å². The number of carbonyl (C=O) groups excluding carboxylic acids is 2. The molecule has 18 heteroatoms. The van der Waals surface area contributed by atoms with Crippen molar-refractivity contribution in [2.45, 2.75) is 102 Å². The molecular formula is C47H62ClF3N8O6. The van der Waals surface area contributed by atoms with Crippen LogP contribution in [0.2, 0.25) is 5.02 Å². The number of amides is 2. The Balaban J connectivity index is 0.653. The van der Waals surface area contributed by atoms with Gasteiger partial charge in [0.1, 0.15) is 5.82 Å². The van der Waals surface area contributed by atoms with E-state index in [1.165, 1.54) is 12.1 Å². The number of hydrogen-bond donors (Lipinski definition) is 2. The summed E-state index contributed by atoms with van der Waals surface area (Å²) in [6.07, 6.45) is 11.0. The normalized spacial score (nSPS) is 24.7. The fourth-order valence-corrected chi connectivity index (χ4v) is 10.8. The lowest BCUT2D eigenvalue weighted by molar-refractivity contribution is -0.207. The van der Waals surface area contributed by atoms with E-state index >= 15 is 0 Å². The van der Waals surface area contributed by atoms with E-state index in [2.05, 4.69) is 40.5 Å². The van der Waals surface area contributed by atoms with Crippen LogP contribution in [0.4, 0.5) is 24.8 Å². The third-order valence-corrected chi connectivity index (χ3v) is 14.9. The molecule has 5 aliphatic rings. The van der Waals surface area contributed by atoms with Crippen molar-refractivity contribution in [1.29, 1.82) is 0 Å². The van der Waals surface area contributed by atoms with Gasteiger partial charge in [-0.15, -0.1) is 0 Å². The molecule has 2 saturated carbocycles. The van der Waals surface area contributed by atoms with Crippen molar-refractivity contribution in [2.24, 2.45) is 17.8 Å². The van der Waals surface area contributed by atoms with Gasteiger partial charge in [-0.25, -0.2) is 13.2 Å². The average Bonchev–Trinajstić information content (AvgIpc) is 3.92. The van der Waals surface area contributed by atoms with Gasteiger partial charge in [-0.1, -0.05) is 21.9 Å². The fourth-order valence-electron chi connectivity index (χ4n) is 10.6. The van der Waals surface area contributed by atoms with Gasteiger partial charge in [-0.3, -0.25) is 19.4 Å². The smallest absolute Gasteiger partial charge is 0.228 e. The summed E-state index contributed by atoms with van der Waals surface area (Å²) in [5, 5.41) is 16.1. The molecule has 1 unspecified atom stereocenters. The maximum Gasteiger partial charge on any atom is 0.228 e. The SMILES string of the molecule is O=C(CCC(C(=O)NC1CCC(CCN2CCN(c3noc4cc(F)c(F)cc34)CC2)CC1)C1OCCCO1)NC1CCC(CCN2CCN(c3noc4cc(Cl)c(F)cc34)CC2)CC1. The molecule has 2 N–H and O–H groups in total. The summed E-state index contributed by atoms with van der Waals surface area (Å²) < 4.78 is 64.3. The summed E-state index contributed by atoms with van der Waals surface area (Å²) in [6.45, 7) is 9.64. The van der Waals surface area contributed by atoms with Crippen LogP contribution in [0.15, 0.2) is 33.3 Å². The minimum absolute atomic E-state index is 0.0220. The van der Waals surface area contributed by atoms with Crippen molar-refractivity contribution in [1.82, 2.24) is 30.7 Å². The highest BCUT2D eigenvalue weighted by molar-refractivity contribution is 6.31. The van der Waals surface area contributed by atoms with Crippen molar-refractivity contribution in [2.75, 3.05) is 88.5 Å². The molecule has 5 heterocycles. The van der Waals surface area contributed by atoms with Crippen molar-refractivity contribution in [3.05, 3.63) is 46.7 Å². The number of piperazine rings is 2. The van der Waals surface area contributed by atoms with Crippen LogP contribution in [-0.4, -0.2) is 129 Å². The summed E-state index contributed by atoms with van der Waals surface area (Å²) in [6, 6.07) is 5.32. The molecule has 65 heavy (non-hydrogen) atoms. The summed E-state index contributed by atoms with van der Waals surface area (Å²) >= 11 is 5.92. The first-order valence-corrected chi connectivity index (χ1v) is 24.3. The summed E-state index contributed by atoms with van der Waals surface area (Å²) in [7, 11) is 0. The Hall–Kier alpha value is -4.16. The van der Waals surface area contributed by atoms with Gasteiger partial charge in [0.25, 0.3) is 0 Å². The predicted octanol–water partition coefficient (Wildman–Crippen LogP) is 7.27. The molecular weight excluding hydrogens is 865 g/mol. The number of nitrogens with zero attached hydrogens (tertiary/aromatic N) is 6. The molecule has 2 aliphatic carbocycles. The van der Waals surface area contributed by atoms with Gasteiger partial charge in [0.05, 0.1) is 34.9 Å². The Labute approximate surface area is 382 Å². The average molecular weight is 928 g/mol. The van der Waals surface area contributed by atoms with Crippen LogP contribution in [0.1, 0.15) is 83.5 Å². The van der Waals surface area contributed by atoms with E-state index in [0.29, 0.717) is 59.5 Å². The number of fused-ring (bicyclic) bond motifs is 2. The van der Waals surface area contributed by atoms with Crippen LogP contribution in [0.3, 0.4) is 0 Å². The molecule has 2 aromatic heterocycles. The van der Waals surface area contributed by atoms with E-state index in [9.17, 15) is 22.8 Å². The van der Waals surface area contributed by atoms with E-state index in [1.807, 2.05) is 0 Å². The summed E-state index contributed by atoms with van der Waals surface area (Å²) in [4.78, 5) is 36.2. The highest BCUT2D eigenvalue weighted by atomic mass is 35.5. The first-order chi connectivity index (χ1) is 31.6. The zero-order chi connectivity index (χ0) is 44.9. The van der Waals surface area contributed by atoms with Gasteiger partial charge in [0.2, 0.25) is 11.8 Å². The van der Waals surface area contributed by atoms with Crippen molar-refractivity contribution >= 4 is 57.0 Å². The van der Waals surface area contributed by atoms with Crippen molar-refractivity contribution in [3.63, 3.8) is 0 Å². The molecule has 0 spiro atoms. The van der Waals surface area contributed by atoms with E-state index < -0.39 is 29.7 Å². The first kappa shape index (κ1) is 46.0. The number of aromatic nitrogens is 2. The monoisotopic (exact) mass is 926 g/mol. The quantitative estimate of drug-likeness (QED) is 0.124. The Morgan fingerprint density at radius 3 is 1.71 bits per heavy atom. The van der Waals surface area contributed by atoms with Crippen molar-refractivity contribution in [3.8, 4) is 0 Å². The van der Waals surface area contributed by atoms with E-state index in [0.717, 1.165) is 148 Å². The lowest BCUT2D eigenvalue weighted by atomic mass is 9.83. The molecule has 5 fully saturated rings. The molecule has 4 aromatic rings. The Morgan fingerprint density at radius 2 is 1.15 bits per heavy atom. The molecule has 1 atom stereocenters. The number of rotatable bonds is 15. The van der Waals surface area contributed by atoms with Crippen LogP contribution in [-0.2, 0) is 19.1 Å². The summed E-state index contributed by atoms with van der Waals surface area (Å²) in [5.74, 6) is -0.557. The number of hydrogen-bond acceptors (Lipinski definition) is 12. The van der Waals surface area contributed by atoms with Crippen LogP contribution < -0.4 is 20.4 Å². The molecule has 3 aliphatic heterocycles. The number of anilines is 2. The van der Waals surface area contributed by atoms with Gasteiger partial charge >= 0.3 is 0 Å². The number of carbonyl (C=O) groups is 2. The molecule has 0 radical (unpaired) electrons. The molecule has 14 nitrogen and oxygen atoms in total. The lowest BCUT2D eigenvalue weighted by Crippen LogP contribution is -2.48. The second-order valence-corrected chi connectivity index (χ2v) is 19.3. The maximum atomic E-state index is 14.2. The predicted molar refractivity (Wildman–Crippen MR) is 240 cm³/mol. The van der Waals surface area contributed by atoms with E-state index in [-0.39, 0.29) is 40.9 Å². The molecule has 354 valence electrons. The Kier molecular flexibility index (Phi) is 15.0. The highest BCUT2D eigenvalue weighted by Crippen LogP contribution is 2.34. The largest absolute Gasteiger partial charge is 0.354 e.